The molecule has 0 radical (unpaired) electrons. The number of ketones is 1. The van der Waals surface area contributed by atoms with Crippen molar-refractivity contribution in [1.82, 2.24) is 19.3 Å². The predicted octanol–water partition coefficient (Wildman–Crippen LogP) is 3.12. The smallest absolute Gasteiger partial charge is 0.191 e. The second-order valence-corrected chi connectivity index (χ2v) is 6.74. The third-order valence-corrected chi connectivity index (χ3v) is 4.96. The zero-order chi connectivity index (χ0) is 17.5. The molecule has 0 saturated heterocycles. The van der Waals surface area contributed by atoms with E-state index in [9.17, 15) is 4.79 Å². The monoisotopic (exact) mass is 350 g/mol. The minimum absolute atomic E-state index is 0.141. The number of hydrogen-bond acceptors (Lipinski definition) is 5. The van der Waals surface area contributed by atoms with E-state index < -0.39 is 0 Å². The van der Waals surface area contributed by atoms with E-state index in [-0.39, 0.29) is 5.78 Å². The summed E-state index contributed by atoms with van der Waals surface area (Å²) in [4.78, 5) is 12.6. The Morgan fingerprint density at radius 1 is 1.33 bits per heavy atom. The van der Waals surface area contributed by atoms with Gasteiger partial charge in [-0.05, 0) is 32.8 Å². The lowest BCUT2D eigenvalue weighted by Crippen LogP contribution is -2.08. The Kier molecular flexibility index (Phi) is 7.05. The molecule has 0 aromatic carbocycles. The highest BCUT2D eigenvalue weighted by Crippen LogP contribution is 2.21. The highest BCUT2D eigenvalue weighted by atomic mass is 32.2. The Labute approximate surface area is 147 Å². The largest absolute Gasteiger partial charge is 0.385 e. The molecule has 0 aliphatic carbocycles. The van der Waals surface area contributed by atoms with E-state index in [4.69, 9.17) is 4.74 Å². The van der Waals surface area contributed by atoms with Gasteiger partial charge in [0, 0.05) is 43.8 Å². The molecule has 0 atom stereocenters. The Bertz CT molecular complexity index is 678. The number of carbonyl (C=O) groups is 1. The molecule has 24 heavy (non-hydrogen) atoms. The quantitative estimate of drug-likeness (QED) is 0.374. The third-order valence-electron chi connectivity index (χ3n) is 3.98. The average Bonchev–Trinajstić information content (AvgIpc) is 3.12. The number of ether oxygens (including phenoxy) is 1. The second kappa shape index (κ2) is 9.03. The summed E-state index contributed by atoms with van der Waals surface area (Å²) in [6.07, 6.45) is 3.66. The van der Waals surface area contributed by atoms with E-state index >= 15 is 0 Å². The first-order valence-electron chi connectivity index (χ1n) is 8.28. The third kappa shape index (κ3) is 4.48. The second-order valence-electron chi connectivity index (χ2n) is 5.80. The van der Waals surface area contributed by atoms with Crippen molar-refractivity contribution in [2.45, 2.75) is 51.9 Å². The minimum atomic E-state index is 0.141. The minimum Gasteiger partial charge on any atom is -0.385 e. The van der Waals surface area contributed by atoms with Crippen LogP contribution in [0.1, 0.15) is 41.5 Å². The summed E-state index contributed by atoms with van der Waals surface area (Å²) in [5.41, 5.74) is 3.02. The van der Waals surface area contributed by atoms with E-state index in [1.807, 2.05) is 17.6 Å². The number of Topliss-reactive ketones (excluding diaryl/α,β-unsaturated/α-hetero) is 1. The van der Waals surface area contributed by atoms with Crippen molar-refractivity contribution < 1.29 is 9.53 Å². The molecule has 0 bridgehead atoms. The van der Waals surface area contributed by atoms with Crippen LogP contribution in [-0.2, 0) is 17.8 Å². The standard InChI is InChI=1S/C17H26N4O2S/c1-5-7-21-13(2)10-15(14(21)3)16(22)11-24-17-19-18-12-20(17)8-6-9-23-4/h10,12H,5-9,11H2,1-4H3. The van der Waals surface area contributed by atoms with Crippen molar-refractivity contribution in [2.24, 2.45) is 0 Å². The van der Waals surface area contributed by atoms with Crippen LogP contribution in [0, 0.1) is 13.8 Å². The first-order valence-corrected chi connectivity index (χ1v) is 9.26. The van der Waals surface area contributed by atoms with Crippen LogP contribution < -0.4 is 0 Å². The summed E-state index contributed by atoms with van der Waals surface area (Å²) in [6.45, 7) is 8.67. The summed E-state index contributed by atoms with van der Waals surface area (Å²) in [7, 11) is 1.69. The molecule has 2 rings (SSSR count). The van der Waals surface area contributed by atoms with Gasteiger partial charge in [-0.1, -0.05) is 18.7 Å². The zero-order valence-electron chi connectivity index (χ0n) is 14.9. The maximum absolute atomic E-state index is 12.6. The molecule has 0 aliphatic heterocycles. The molecule has 7 heteroatoms. The Balaban J connectivity index is 1.99. The molecular weight excluding hydrogens is 324 g/mol. The van der Waals surface area contributed by atoms with E-state index in [0.717, 1.165) is 48.0 Å². The van der Waals surface area contributed by atoms with Crippen molar-refractivity contribution >= 4 is 17.5 Å². The van der Waals surface area contributed by atoms with Crippen LogP contribution in [0.2, 0.25) is 0 Å². The average molecular weight is 350 g/mol. The Morgan fingerprint density at radius 2 is 2.12 bits per heavy atom. The Morgan fingerprint density at radius 3 is 2.83 bits per heavy atom. The van der Waals surface area contributed by atoms with Gasteiger partial charge in [0.25, 0.3) is 0 Å². The van der Waals surface area contributed by atoms with Gasteiger partial charge in [0.2, 0.25) is 0 Å². The van der Waals surface area contributed by atoms with Gasteiger partial charge in [-0.3, -0.25) is 4.79 Å². The predicted molar refractivity (Wildman–Crippen MR) is 95.8 cm³/mol. The topological polar surface area (TPSA) is 61.9 Å². The Hall–Kier alpha value is -1.60. The first kappa shape index (κ1) is 18.7. The maximum Gasteiger partial charge on any atom is 0.191 e. The van der Waals surface area contributed by atoms with Gasteiger partial charge < -0.3 is 13.9 Å². The molecule has 2 aromatic rings. The van der Waals surface area contributed by atoms with Crippen molar-refractivity contribution in [3.05, 3.63) is 29.3 Å². The normalized spacial score (nSPS) is 11.2. The van der Waals surface area contributed by atoms with Gasteiger partial charge in [-0.25, -0.2) is 0 Å². The van der Waals surface area contributed by atoms with E-state index in [2.05, 4.69) is 28.6 Å². The van der Waals surface area contributed by atoms with Crippen molar-refractivity contribution in [2.75, 3.05) is 19.5 Å². The number of aryl methyl sites for hydroxylation is 2. The van der Waals surface area contributed by atoms with Crippen LogP contribution >= 0.6 is 11.8 Å². The summed E-state index contributed by atoms with van der Waals surface area (Å²) in [6, 6.07) is 2.00. The SMILES string of the molecule is CCCn1c(C)cc(C(=O)CSc2nncn2CCCOC)c1C. The fourth-order valence-electron chi connectivity index (χ4n) is 2.75. The first-order chi connectivity index (χ1) is 11.6. The number of carbonyl (C=O) groups excluding carboxylic acids is 1. The van der Waals surface area contributed by atoms with E-state index in [0.29, 0.717) is 12.4 Å². The number of thioether (sulfide) groups is 1. The molecule has 0 N–H and O–H groups in total. The van der Waals surface area contributed by atoms with Crippen LogP contribution in [0.5, 0.6) is 0 Å². The highest BCUT2D eigenvalue weighted by molar-refractivity contribution is 7.99. The molecule has 0 spiro atoms. The number of methoxy groups -OCH3 is 1. The summed E-state index contributed by atoms with van der Waals surface area (Å²) >= 11 is 1.44. The molecule has 0 unspecified atom stereocenters. The molecule has 0 amide bonds. The molecule has 2 aromatic heterocycles. The van der Waals surface area contributed by atoms with Crippen LogP contribution in [-0.4, -0.2) is 44.6 Å². The molecule has 132 valence electrons. The molecule has 0 aliphatic rings. The van der Waals surface area contributed by atoms with Crippen molar-refractivity contribution in [3.8, 4) is 0 Å². The van der Waals surface area contributed by atoms with Crippen LogP contribution in [0.15, 0.2) is 17.6 Å². The lowest BCUT2D eigenvalue weighted by atomic mass is 10.2. The molecule has 0 saturated carbocycles. The van der Waals surface area contributed by atoms with Crippen LogP contribution in [0.4, 0.5) is 0 Å². The van der Waals surface area contributed by atoms with Crippen LogP contribution in [0.3, 0.4) is 0 Å². The van der Waals surface area contributed by atoms with Gasteiger partial charge in [0.1, 0.15) is 6.33 Å². The van der Waals surface area contributed by atoms with E-state index in [1.54, 1.807) is 13.4 Å². The van der Waals surface area contributed by atoms with Gasteiger partial charge in [0.05, 0.1) is 5.75 Å². The van der Waals surface area contributed by atoms with Crippen molar-refractivity contribution in [3.63, 3.8) is 0 Å². The van der Waals surface area contributed by atoms with Crippen LogP contribution in [0.25, 0.3) is 0 Å². The fourth-order valence-corrected chi connectivity index (χ4v) is 3.57. The highest BCUT2D eigenvalue weighted by Gasteiger charge is 2.16. The lowest BCUT2D eigenvalue weighted by Gasteiger charge is -2.08. The number of hydrogen-bond donors (Lipinski definition) is 0. The molecule has 0 fully saturated rings. The van der Waals surface area contributed by atoms with Gasteiger partial charge in [-0.2, -0.15) is 0 Å². The van der Waals surface area contributed by atoms with Gasteiger partial charge >= 0.3 is 0 Å². The lowest BCUT2D eigenvalue weighted by molar-refractivity contribution is 0.102. The van der Waals surface area contributed by atoms with Crippen molar-refractivity contribution in [1.29, 1.82) is 0 Å². The summed E-state index contributed by atoms with van der Waals surface area (Å²) in [5, 5.41) is 8.84. The number of aromatic nitrogens is 4. The van der Waals surface area contributed by atoms with Gasteiger partial charge in [0.15, 0.2) is 10.9 Å². The maximum atomic E-state index is 12.6. The van der Waals surface area contributed by atoms with Gasteiger partial charge in [-0.15, -0.1) is 10.2 Å². The molecule has 2 heterocycles. The zero-order valence-corrected chi connectivity index (χ0v) is 15.7. The fraction of sp³-hybridized carbons (Fsp3) is 0.588. The summed E-state index contributed by atoms with van der Waals surface area (Å²) < 4.78 is 9.25. The molecular formula is C17H26N4O2S. The molecule has 6 nitrogen and oxygen atoms in total. The number of rotatable bonds is 10. The number of nitrogens with zero attached hydrogens (tertiary/aromatic N) is 4. The summed E-state index contributed by atoms with van der Waals surface area (Å²) in [5.74, 6) is 0.515. The van der Waals surface area contributed by atoms with E-state index in [1.165, 1.54) is 11.8 Å².